The molecule has 0 aliphatic carbocycles. The highest BCUT2D eigenvalue weighted by molar-refractivity contribution is 6.05. The minimum atomic E-state index is -0.0167. The Bertz CT molecular complexity index is 1310. The van der Waals surface area contributed by atoms with Crippen molar-refractivity contribution in [3.05, 3.63) is 112 Å². The van der Waals surface area contributed by atoms with Crippen LogP contribution in [0.5, 0.6) is 0 Å². The molecule has 0 bridgehead atoms. The molecule has 5 nitrogen and oxygen atoms in total. The van der Waals surface area contributed by atoms with Gasteiger partial charge in [0.05, 0.1) is 11.1 Å². The van der Waals surface area contributed by atoms with Crippen molar-refractivity contribution in [3.8, 4) is 0 Å². The standard InChI is InChI=1S/C26H23N3O2/c30-24-16-21-12-15-29(26(31)23-10-4-8-20-9-5-13-27-25(20)23)18-22(21)17-28(24)14-11-19-6-2-1-3-7-19/h1-10,13,16-17H,11-12,14-15,18H2. The molecule has 2 aromatic heterocycles. The second-order valence-corrected chi connectivity index (χ2v) is 7.95. The highest BCUT2D eigenvalue weighted by Crippen LogP contribution is 2.22. The average molecular weight is 409 g/mol. The number of hydrogen-bond donors (Lipinski definition) is 0. The SMILES string of the molecule is O=C(c1cccc2cccnc12)N1CCc2cc(=O)n(CCc3ccccc3)cc2C1. The normalized spacial score (nSPS) is 13.2. The molecule has 0 N–H and O–H groups in total. The van der Waals surface area contributed by atoms with Crippen LogP contribution in [0.3, 0.4) is 0 Å². The molecule has 0 spiro atoms. The number of nitrogens with zero attached hydrogens (tertiary/aromatic N) is 3. The van der Waals surface area contributed by atoms with Crippen molar-refractivity contribution in [2.75, 3.05) is 6.54 Å². The Morgan fingerprint density at radius 3 is 2.68 bits per heavy atom. The maximum absolute atomic E-state index is 13.3. The number of carbonyl (C=O) groups is 1. The molecule has 1 amide bonds. The van der Waals surface area contributed by atoms with Crippen LogP contribution in [-0.4, -0.2) is 26.9 Å². The van der Waals surface area contributed by atoms with Gasteiger partial charge in [-0.2, -0.15) is 0 Å². The molecule has 154 valence electrons. The number of para-hydroxylation sites is 1. The lowest BCUT2D eigenvalue weighted by Gasteiger charge is -2.29. The van der Waals surface area contributed by atoms with Crippen molar-refractivity contribution in [3.63, 3.8) is 0 Å². The molecule has 2 aromatic carbocycles. The Morgan fingerprint density at radius 1 is 0.968 bits per heavy atom. The van der Waals surface area contributed by atoms with Crippen LogP contribution >= 0.6 is 0 Å². The number of benzene rings is 2. The number of fused-ring (bicyclic) bond motifs is 2. The second-order valence-electron chi connectivity index (χ2n) is 7.95. The van der Waals surface area contributed by atoms with Gasteiger partial charge in [0.2, 0.25) is 0 Å². The van der Waals surface area contributed by atoms with Gasteiger partial charge >= 0.3 is 0 Å². The Labute approximate surface area is 180 Å². The highest BCUT2D eigenvalue weighted by atomic mass is 16.2. The minimum absolute atomic E-state index is 0.0167. The summed E-state index contributed by atoms with van der Waals surface area (Å²) in [6.07, 6.45) is 5.13. The van der Waals surface area contributed by atoms with Gasteiger partial charge in [-0.1, -0.05) is 48.5 Å². The largest absolute Gasteiger partial charge is 0.334 e. The fourth-order valence-corrected chi connectivity index (χ4v) is 4.26. The van der Waals surface area contributed by atoms with E-state index in [0.717, 1.165) is 28.5 Å². The summed E-state index contributed by atoms with van der Waals surface area (Å²) in [5.41, 5.74) is 4.66. The molecule has 0 radical (unpaired) electrons. The van der Waals surface area contributed by atoms with Crippen LogP contribution < -0.4 is 5.56 Å². The van der Waals surface area contributed by atoms with Crippen LogP contribution in [0, 0.1) is 0 Å². The zero-order valence-corrected chi connectivity index (χ0v) is 17.2. The average Bonchev–Trinajstić information content (AvgIpc) is 2.82. The number of aromatic nitrogens is 2. The summed E-state index contributed by atoms with van der Waals surface area (Å²) in [5, 5.41) is 0.959. The number of pyridine rings is 2. The van der Waals surface area contributed by atoms with E-state index in [-0.39, 0.29) is 11.5 Å². The molecule has 0 atom stereocenters. The van der Waals surface area contributed by atoms with E-state index in [0.29, 0.717) is 31.6 Å². The third-order valence-corrected chi connectivity index (χ3v) is 5.95. The lowest BCUT2D eigenvalue weighted by molar-refractivity contribution is 0.0736. The number of rotatable bonds is 4. The number of carbonyl (C=O) groups excluding carboxylic acids is 1. The second kappa shape index (κ2) is 8.19. The van der Waals surface area contributed by atoms with Gasteiger partial charge in [0.1, 0.15) is 0 Å². The summed E-state index contributed by atoms with van der Waals surface area (Å²) in [7, 11) is 0. The van der Waals surface area contributed by atoms with Gasteiger partial charge in [-0.05, 0) is 41.7 Å². The summed E-state index contributed by atoms with van der Waals surface area (Å²) in [4.78, 5) is 32.2. The van der Waals surface area contributed by atoms with Gasteiger partial charge in [0.25, 0.3) is 11.5 Å². The van der Waals surface area contributed by atoms with Crippen molar-refractivity contribution >= 4 is 16.8 Å². The first-order chi connectivity index (χ1) is 15.2. The van der Waals surface area contributed by atoms with Crippen molar-refractivity contribution in [2.45, 2.75) is 25.9 Å². The highest BCUT2D eigenvalue weighted by Gasteiger charge is 2.24. The maximum atomic E-state index is 13.3. The summed E-state index contributed by atoms with van der Waals surface area (Å²) >= 11 is 0. The molecule has 1 aliphatic rings. The van der Waals surface area contributed by atoms with Gasteiger partial charge < -0.3 is 9.47 Å². The molecule has 31 heavy (non-hydrogen) atoms. The predicted octanol–water partition coefficient (Wildman–Crippen LogP) is 3.84. The topological polar surface area (TPSA) is 55.2 Å². The van der Waals surface area contributed by atoms with Crippen LogP contribution in [0.2, 0.25) is 0 Å². The first-order valence-electron chi connectivity index (χ1n) is 10.6. The maximum Gasteiger partial charge on any atom is 0.256 e. The van der Waals surface area contributed by atoms with E-state index in [2.05, 4.69) is 17.1 Å². The molecule has 0 unspecified atom stereocenters. The molecule has 5 rings (SSSR count). The number of amides is 1. The summed E-state index contributed by atoms with van der Waals surface area (Å²) < 4.78 is 1.76. The zero-order chi connectivity index (χ0) is 21.2. The molecule has 0 saturated heterocycles. The molecular weight excluding hydrogens is 386 g/mol. The predicted molar refractivity (Wildman–Crippen MR) is 121 cm³/mol. The van der Waals surface area contributed by atoms with E-state index in [1.807, 2.05) is 59.6 Å². The minimum Gasteiger partial charge on any atom is -0.334 e. The van der Waals surface area contributed by atoms with Crippen LogP contribution in [0.1, 0.15) is 27.0 Å². The third-order valence-electron chi connectivity index (χ3n) is 5.95. The lowest BCUT2D eigenvalue weighted by atomic mass is 10.0. The van der Waals surface area contributed by atoms with Gasteiger partial charge in [0, 0.05) is 43.5 Å². The van der Waals surface area contributed by atoms with Crippen molar-refractivity contribution in [1.29, 1.82) is 0 Å². The molecule has 1 aliphatic heterocycles. The van der Waals surface area contributed by atoms with E-state index in [1.165, 1.54) is 5.56 Å². The molecule has 0 saturated carbocycles. The fourth-order valence-electron chi connectivity index (χ4n) is 4.26. The van der Waals surface area contributed by atoms with Crippen molar-refractivity contribution < 1.29 is 4.79 Å². The molecular formula is C26H23N3O2. The van der Waals surface area contributed by atoms with E-state index in [9.17, 15) is 9.59 Å². The Balaban J connectivity index is 1.39. The first kappa shape index (κ1) is 19.2. The Hall–Kier alpha value is -3.73. The molecule has 0 fully saturated rings. The monoisotopic (exact) mass is 409 g/mol. The van der Waals surface area contributed by atoms with Crippen LogP contribution in [0.4, 0.5) is 0 Å². The van der Waals surface area contributed by atoms with Crippen LogP contribution in [-0.2, 0) is 25.9 Å². The molecule has 3 heterocycles. The summed E-state index contributed by atoms with van der Waals surface area (Å²) in [6.45, 7) is 1.73. The quantitative estimate of drug-likeness (QED) is 0.515. The number of aryl methyl sites for hydroxylation is 2. The van der Waals surface area contributed by atoms with E-state index >= 15 is 0 Å². The van der Waals surface area contributed by atoms with E-state index in [4.69, 9.17) is 0 Å². The van der Waals surface area contributed by atoms with Gasteiger partial charge in [0.15, 0.2) is 0 Å². The first-order valence-corrected chi connectivity index (χ1v) is 10.6. The van der Waals surface area contributed by atoms with E-state index in [1.54, 1.807) is 16.8 Å². The van der Waals surface area contributed by atoms with Gasteiger partial charge in [-0.15, -0.1) is 0 Å². The van der Waals surface area contributed by atoms with Crippen LogP contribution in [0.25, 0.3) is 10.9 Å². The fraction of sp³-hybridized carbons (Fsp3) is 0.192. The third kappa shape index (κ3) is 3.87. The van der Waals surface area contributed by atoms with Gasteiger partial charge in [-0.25, -0.2) is 0 Å². The lowest BCUT2D eigenvalue weighted by Crippen LogP contribution is -2.37. The smallest absolute Gasteiger partial charge is 0.256 e. The summed E-state index contributed by atoms with van der Waals surface area (Å²) in [5.74, 6) is -0.0167. The van der Waals surface area contributed by atoms with Crippen molar-refractivity contribution in [2.24, 2.45) is 0 Å². The zero-order valence-electron chi connectivity index (χ0n) is 17.2. The number of hydrogen-bond acceptors (Lipinski definition) is 3. The Kier molecular flexibility index (Phi) is 5.08. The summed E-state index contributed by atoms with van der Waals surface area (Å²) in [6, 6.07) is 21.4. The van der Waals surface area contributed by atoms with Gasteiger partial charge in [-0.3, -0.25) is 14.6 Å². The Morgan fingerprint density at radius 2 is 1.81 bits per heavy atom. The van der Waals surface area contributed by atoms with E-state index < -0.39 is 0 Å². The molecule has 4 aromatic rings. The molecule has 5 heteroatoms. The van der Waals surface area contributed by atoms with Crippen molar-refractivity contribution in [1.82, 2.24) is 14.5 Å². The van der Waals surface area contributed by atoms with Crippen LogP contribution in [0.15, 0.2) is 83.9 Å².